The van der Waals surface area contributed by atoms with Crippen molar-refractivity contribution in [1.29, 1.82) is 0 Å². The molecule has 0 aromatic rings. The number of rotatable bonds is 7. The largest absolute Gasteiger partial charge is 0.377 e. The molecule has 2 rings (SSSR count). The van der Waals surface area contributed by atoms with E-state index in [1.807, 2.05) is 7.05 Å². The van der Waals surface area contributed by atoms with Gasteiger partial charge in [-0.1, -0.05) is 0 Å². The van der Waals surface area contributed by atoms with E-state index in [9.17, 15) is 0 Å². The highest BCUT2D eigenvalue weighted by Crippen LogP contribution is 2.26. The Balaban J connectivity index is 1.62. The van der Waals surface area contributed by atoms with Crippen LogP contribution < -0.4 is 5.32 Å². The molecule has 0 spiro atoms. The van der Waals surface area contributed by atoms with Gasteiger partial charge in [0.25, 0.3) is 0 Å². The highest BCUT2D eigenvalue weighted by molar-refractivity contribution is 4.81. The minimum atomic E-state index is 0.506. The van der Waals surface area contributed by atoms with Crippen LogP contribution in [-0.4, -0.2) is 75.9 Å². The van der Waals surface area contributed by atoms with E-state index in [4.69, 9.17) is 4.74 Å². The monoisotopic (exact) mass is 297 g/mol. The first kappa shape index (κ1) is 17.2. The summed E-state index contributed by atoms with van der Waals surface area (Å²) in [5.41, 5.74) is 0. The van der Waals surface area contributed by atoms with Crippen molar-refractivity contribution in [3.63, 3.8) is 0 Å². The van der Waals surface area contributed by atoms with Gasteiger partial charge in [0.15, 0.2) is 0 Å². The third-order valence-corrected chi connectivity index (χ3v) is 5.36. The summed E-state index contributed by atoms with van der Waals surface area (Å²) in [6.45, 7) is 5.69. The van der Waals surface area contributed by atoms with Crippen LogP contribution in [0.1, 0.15) is 38.5 Å². The Hall–Kier alpha value is -0.160. The average Bonchev–Trinajstić information content (AvgIpc) is 2.50. The van der Waals surface area contributed by atoms with E-state index in [1.54, 1.807) is 0 Å². The van der Waals surface area contributed by atoms with Crippen molar-refractivity contribution < 1.29 is 4.74 Å². The van der Waals surface area contributed by atoms with Gasteiger partial charge in [-0.15, -0.1) is 0 Å². The maximum Gasteiger partial charge on any atom is 0.0594 e. The fraction of sp³-hybridized carbons (Fsp3) is 1.00. The normalized spacial score (nSPS) is 29.1. The molecule has 0 atom stereocenters. The Morgan fingerprint density at radius 2 is 1.76 bits per heavy atom. The zero-order valence-corrected chi connectivity index (χ0v) is 14.3. The van der Waals surface area contributed by atoms with Gasteiger partial charge < -0.3 is 19.9 Å². The number of nitrogens with one attached hydrogen (secondary N) is 1. The molecule has 4 heteroatoms. The molecule has 1 aliphatic heterocycles. The Morgan fingerprint density at radius 3 is 2.38 bits per heavy atom. The predicted octanol–water partition coefficient (Wildman–Crippen LogP) is 1.81. The first-order valence-corrected chi connectivity index (χ1v) is 8.84. The van der Waals surface area contributed by atoms with Crippen LogP contribution in [0.4, 0.5) is 0 Å². The van der Waals surface area contributed by atoms with Crippen LogP contribution in [0.15, 0.2) is 0 Å². The van der Waals surface area contributed by atoms with Gasteiger partial charge in [-0.25, -0.2) is 0 Å². The number of hydrogen-bond donors (Lipinski definition) is 1. The molecule has 2 fully saturated rings. The summed E-state index contributed by atoms with van der Waals surface area (Å²) < 4.78 is 5.93. The zero-order chi connectivity index (χ0) is 15.1. The Morgan fingerprint density at radius 1 is 1.10 bits per heavy atom. The minimum Gasteiger partial charge on any atom is -0.377 e. The summed E-state index contributed by atoms with van der Waals surface area (Å²) in [6, 6.07) is 0.786. The number of nitrogens with zero attached hydrogens (tertiary/aromatic N) is 2. The van der Waals surface area contributed by atoms with E-state index >= 15 is 0 Å². The minimum absolute atomic E-state index is 0.506. The lowest BCUT2D eigenvalue weighted by molar-refractivity contribution is 0.00967. The predicted molar refractivity (Wildman–Crippen MR) is 88.8 cm³/mol. The number of piperidine rings is 1. The van der Waals surface area contributed by atoms with Crippen molar-refractivity contribution in [3.8, 4) is 0 Å². The van der Waals surface area contributed by atoms with Crippen molar-refractivity contribution >= 4 is 0 Å². The van der Waals surface area contributed by atoms with Crippen molar-refractivity contribution in [1.82, 2.24) is 15.1 Å². The van der Waals surface area contributed by atoms with Crippen LogP contribution in [0.25, 0.3) is 0 Å². The van der Waals surface area contributed by atoms with E-state index < -0.39 is 0 Å². The summed E-state index contributed by atoms with van der Waals surface area (Å²) in [5, 5.41) is 3.15. The van der Waals surface area contributed by atoms with E-state index in [0.29, 0.717) is 6.10 Å². The molecule has 1 aliphatic carbocycles. The standard InChI is InChI=1S/C17H35N3O/c1-18-10-13-21-17-6-4-16(5-7-17)20(3)14-15-8-11-19(2)12-9-15/h15-18H,4-14H2,1-3H3/t16-,17-. The molecule has 1 heterocycles. The molecule has 0 amide bonds. The highest BCUT2D eigenvalue weighted by atomic mass is 16.5. The van der Waals surface area contributed by atoms with Crippen molar-refractivity contribution in [3.05, 3.63) is 0 Å². The number of likely N-dealkylation sites (N-methyl/N-ethyl adjacent to an activating group) is 1. The third-order valence-electron chi connectivity index (χ3n) is 5.36. The van der Waals surface area contributed by atoms with Gasteiger partial charge >= 0.3 is 0 Å². The van der Waals surface area contributed by atoms with Crippen molar-refractivity contribution in [2.75, 3.05) is 53.9 Å². The molecular formula is C17H35N3O. The van der Waals surface area contributed by atoms with Gasteiger partial charge in [0.1, 0.15) is 0 Å². The molecule has 0 unspecified atom stereocenters. The lowest BCUT2D eigenvalue weighted by Crippen LogP contribution is -2.42. The quantitative estimate of drug-likeness (QED) is 0.725. The SMILES string of the molecule is CNCCO[C@H]1CC[C@H](N(C)CC2CCN(C)CC2)CC1. The summed E-state index contributed by atoms with van der Waals surface area (Å²) >= 11 is 0. The molecule has 0 aromatic heterocycles. The molecule has 1 N–H and O–H groups in total. The summed E-state index contributed by atoms with van der Waals surface area (Å²) in [4.78, 5) is 5.10. The van der Waals surface area contributed by atoms with Gasteiger partial charge in [-0.05, 0) is 78.7 Å². The summed E-state index contributed by atoms with van der Waals surface area (Å²) in [5.74, 6) is 0.913. The second-order valence-electron chi connectivity index (χ2n) is 7.09. The van der Waals surface area contributed by atoms with Gasteiger partial charge in [0.2, 0.25) is 0 Å². The number of likely N-dealkylation sites (tertiary alicyclic amines) is 1. The molecule has 1 saturated heterocycles. The van der Waals surface area contributed by atoms with Crippen LogP contribution in [-0.2, 0) is 4.74 Å². The van der Waals surface area contributed by atoms with Gasteiger partial charge in [-0.3, -0.25) is 0 Å². The maximum atomic E-state index is 5.93. The third kappa shape index (κ3) is 5.85. The Kier molecular flexibility index (Phi) is 7.44. The molecule has 0 aromatic carbocycles. The number of hydrogen-bond acceptors (Lipinski definition) is 4. The molecule has 124 valence electrons. The van der Waals surface area contributed by atoms with Gasteiger partial charge in [-0.2, -0.15) is 0 Å². The van der Waals surface area contributed by atoms with Crippen LogP contribution in [0.5, 0.6) is 0 Å². The molecular weight excluding hydrogens is 262 g/mol. The van der Waals surface area contributed by atoms with Crippen LogP contribution in [0, 0.1) is 5.92 Å². The number of ether oxygens (including phenoxy) is 1. The van der Waals surface area contributed by atoms with E-state index in [0.717, 1.165) is 25.1 Å². The van der Waals surface area contributed by atoms with Crippen molar-refractivity contribution in [2.24, 2.45) is 5.92 Å². The van der Waals surface area contributed by atoms with E-state index in [2.05, 4.69) is 29.2 Å². The van der Waals surface area contributed by atoms with Crippen molar-refractivity contribution in [2.45, 2.75) is 50.7 Å². The second-order valence-corrected chi connectivity index (χ2v) is 7.09. The highest BCUT2D eigenvalue weighted by Gasteiger charge is 2.26. The molecule has 0 radical (unpaired) electrons. The lowest BCUT2D eigenvalue weighted by atomic mass is 9.90. The van der Waals surface area contributed by atoms with E-state index in [1.165, 1.54) is 58.2 Å². The van der Waals surface area contributed by atoms with Gasteiger partial charge in [0, 0.05) is 19.1 Å². The van der Waals surface area contributed by atoms with Crippen LogP contribution >= 0.6 is 0 Å². The Labute approximate surface area is 131 Å². The molecule has 2 aliphatic rings. The first-order chi connectivity index (χ1) is 10.2. The fourth-order valence-electron chi connectivity index (χ4n) is 3.78. The maximum absolute atomic E-state index is 5.93. The van der Waals surface area contributed by atoms with E-state index in [-0.39, 0.29) is 0 Å². The summed E-state index contributed by atoms with van der Waals surface area (Å²) in [7, 11) is 6.57. The summed E-state index contributed by atoms with van der Waals surface area (Å²) in [6.07, 6.45) is 8.37. The molecule has 21 heavy (non-hydrogen) atoms. The average molecular weight is 297 g/mol. The second kappa shape index (κ2) is 9.09. The topological polar surface area (TPSA) is 27.7 Å². The lowest BCUT2D eigenvalue weighted by Gasteiger charge is -2.38. The smallest absolute Gasteiger partial charge is 0.0594 e. The Bertz CT molecular complexity index is 271. The first-order valence-electron chi connectivity index (χ1n) is 8.84. The fourth-order valence-corrected chi connectivity index (χ4v) is 3.78. The van der Waals surface area contributed by atoms with Gasteiger partial charge in [0.05, 0.1) is 12.7 Å². The zero-order valence-electron chi connectivity index (χ0n) is 14.3. The molecule has 1 saturated carbocycles. The van der Waals surface area contributed by atoms with Crippen LogP contribution in [0.2, 0.25) is 0 Å². The van der Waals surface area contributed by atoms with Crippen LogP contribution in [0.3, 0.4) is 0 Å². The molecule has 4 nitrogen and oxygen atoms in total. The molecule has 0 bridgehead atoms.